The van der Waals surface area contributed by atoms with Gasteiger partial charge in [0.05, 0.1) is 17.8 Å². The van der Waals surface area contributed by atoms with E-state index in [0.717, 1.165) is 0 Å². The summed E-state index contributed by atoms with van der Waals surface area (Å²) >= 11 is 4.36. The quantitative estimate of drug-likeness (QED) is 0.373. The van der Waals surface area contributed by atoms with Crippen LogP contribution in [0.4, 0.5) is 4.39 Å². The molecule has 0 aromatic carbocycles. The molecule has 0 N–H and O–H groups in total. The van der Waals surface area contributed by atoms with Crippen molar-refractivity contribution in [2.45, 2.75) is 64.3 Å². The minimum atomic E-state index is -1.25. The zero-order chi connectivity index (χ0) is 24.3. The molecule has 9 atom stereocenters. The number of fused-ring (bicyclic) bond motifs is 3. The summed E-state index contributed by atoms with van der Waals surface area (Å²) in [5.74, 6) is -0.401. The van der Waals surface area contributed by atoms with Crippen molar-refractivity contribution in [1.29, 1.82) is 0 Å². The van der Waals surface area contributed by atoms with Crippen molar-refractivity contribution < 1.29 is 27.9 Å². The van der Waals surface area contributed by atoms with Crippen molar-refractivity contribution in [2.24, 2.45) is 34.0 Å². The first kappa shape index (κ1) is 22.5. The predicted octanol–water partition coefficient (Wildman–Crippen LogP) is 4.93. The van der Waals surface area contributed by atoms with Crippen LogP contribution in [0.3, 0.4) is 0 Å². The molecule has 1 aromatic heterocycles. The van der Waals surface area contributed by atoms with Crippen molar-refractivity contribution in [2.75, 3.05) is 0 Å². The van der Waals surface area contributed by atoms with Gasteiger partial charge in [-0.1, -0.05) is 19.9 Å². The highest BCUT2D eigenvalue weighted by molar-refractivity contribution is 7.96. The lowest BCUT2D eigenvalue weighted by Gasteiger charge is -2.57. The third kappa shape index (κ3) is 2.43. The van der Waals surface area contributed by atoms with Gasteiger partial charge in [-0.2, -0.15) is 0 Å². The van der Waals surface area contributed by atoms with Crippen molar-refractivity contribution in [3.63, 3.8) is 0 Å². The van der Waals surface area contributed by atoms with E-state index >= 15 is 4.39 Å². The summed E-state index contributed by atoms with van der Waals surface area (Å²) in [6.45, 7) is 6.09. The standard InChI is InChI=1S/C27H29FO5S/c1-14-9-16-17-11-19(28)18-10-15(29)6-7-24(18,2)27(17)22(33-27)13-25(16,3)26(14,23(31)34)12-20(30)21-5-4-8-32-21/h4-8,10,14,16-17,19,22H,9,11-13H2,1-3H3,(H,31,34)/t14-,16?,17?,19+,22+,24+,25+,26-,27-/m1/s1. The van der Waals surface area contributed by atoms with Crippen LogP contribution in [-0.4, -0.2) is 34.6 Å². The maximum atomic E-state index is 15.7. The Labute approximate surface area is 203 Å². The number of hydrogen-bond donors (Lipinski definition) is 1. The van der Waals surface area contributed by atoms with Crippen LogP contribution in [0.2, 0.25) is 0 Å². The second-order valence-electron chi connectivity index (χ2n) is 11.5. The van der Waals surface area contributed by atoms with Crippen molar-refractivity contribution in [1.82, 2.24) is 0 Å². The topological polar surface area (TPSA) is 76.9 Å². The van der Waals surface area contributed by atoms with E-state index in [1.54, 1.807) is 12.1 Å². The molecule has 4 aliphatic carbocycles. The van der Waals surface area contributed by atoms with E-state index in [4.69, 9.17) is 9.15 Å². The first-order valence-electron chi connectivity index (χ1n) is 12.1. The number of allylic oxidation sites excluding steroid dienone is 2. The van der Waals surface area contributed by atoms with Crippen LogP contribution in [0, 0.1) is 34.0 Å². The van der Waals surface area contributed by atoms with Crippen LogP contribution in [0.25, 0.3) is 0 Å². The van der Waals surface area contributed by atoms with Crippen LogP contribution in [0.5, 0.6) is 0 Å². The van der Waals surface area contributed by atoms with Crippen LogP contribution in [-0.2, 0) is 14.3 Å². The normalized spacial score (nSPS) is 48.3. The first-order valence-corrected chi connectivity index (χ1v) is 12.5. The highest BCUT2D eigenvalue weighted by Crippen LogP contribution is 2.79. The van der Waals surface area contributed by atoms with Crippen molar-refractivity contribution in [3.05, 3.63) is 48.0 Å². The molecular weight excluding hydrogens is 455 g/mol. The average molecular weight is 485 g/mol. The lowest BCUT2D eigenvalue weighted by Crippen LogP contribution is -2.61. The molecule has 5 aliphatic rings. The molecule has 2 unspecified atom stereocenters. The number of rotatable bonds is 4. The number of hydrogen-bond acceptors (Lipinski definition) is 5. The van der Waals surface area contributed by atoms with Crippen LogP contribution >= 0.6 is 12.6 Å². The largest absolute Gasteiger partial charge is 0.461 e. The smallest absolute Gasteiger partial charge is 0.199 e. The number of thiol groups is 1. The molecule has 2 heterocycles. The number of ether oxygens (including phenoxy) is 1. The Morgan fingerprint density at radius 1 is 1.24 bits per heavy atom. The van der Waals surface area contributed by atoms with Crippen molar-refractivity contribution in [3.8, 4) is 0 Å². The zero-order valence-electron chi connectivity index (χ0n) is 19.5. The van der Waals surface area contributed by atoms with Crippen LogP contribution < -0.4 is 0 Å². The molecule has 180 valence electrons. The molecule has 1 spiro atoms. The van der Waals surface area contributed by atoms with Gasteiger partial charge in [-0.15, -0.1) is 12.6 Å². The first-order chi connectivity index (χ1) is 16.0. The van der Waals surface area contributed by atoms with E-state index in [9.17, 15) is 14.4 Å². The van der Waals surface area contributed by atoms with E-state index in [1.165, 1.54) is 18.4 Å². The van der Waals surface area contributed by atoms with E-state index in [-0.39, 0.29) is 59.1 Å². The Bertz CT molecular complexity index is 1170. The lowest BCUT2D eigenvalue weighted by molar-refractivity contribution is -0.133. The van der Waals surface area contributed by atoms with Gasteiger partial charge in [-0.25, -0.2) is 4.39 Å². The molecule has 1 aromatic rings. The highest BCUT2D eigenvalue weighted by atomic mass is 32.1. The number of alkyl halides is 1. The van der Waals surface area contributed by atoms with Crippen LogP contribution in [0.1, 0.15) is 57.0 Å². The number of halogens is 1. The minimum Gasteiger partial charge on any atom is -0.461 e. The number of carbonyl (C=O) groups excluding carboxylic acids is 3. The fourth-order valence-corrected chi connectivity index (χ4v) is 9.32. The number of epoxide rings is 1. The van der Waals surface area contributed by atoms with Gasteiger partial charge >= 0.3 is 0 Å². The molecule has 4 fully saturated rings. The molecule has 0 bridgehead atoms. The Hall–Kier alpha value is -1.99. The second-order valence-corrected chi connectivity index (χ2v) is 11.9. The number of carbonyl (C=O) groups is 3. The van der Waals surface area contributed by atoms with E-state index in [2.05, 4.69) is 19.6 Å². The van der Waals surface area contributed by atoms with Crippen molar-refractivity contribution >= 4 is 29.3 Å². The number of Topliss-reactive ketones (excluding diaryl/α,β-unsaturated/α-hetero) is 1. The summed E-state index contributed by atoms with van der Waals surface area (Å²) in [6.07, 6.45) is 6.41. The third-order valence-corrected chi connectivity index (χ3v) is 10.8. The summed E-state index contributed by atoms with van der Waals surface area (Å²) in [7, 11) is 0. The molecule has 7 heteroatoms. The Balaban J connectivity index is 1.44. The summed E-state index contributed by atoms with van der Waals surface area (Å²) in [5.41, 5.74) is -2.33. The SMILES string of the molecule is C[C@@H]1CC2C3C[C@H](F)C4=CC(=O)C=C[C@]4(C)[C@@]34O[C@H]4C[C@]2(C)[C@@]1(CC(=O)c1ccco1)C(=O)S. The molecule has 1 aliphatic heterocycles. The average Bonchev–Trinajstić information content (AvgIpc) is 3.15. The summed E-state index contributed by atoms with van der Waals surface area (Å²) in [4.78, 5) is 38.6. The van der Waals surface area contributed by atoms with Gasteiger partial charge < -0.3 is 9.15 Å². The summed E-state index contributed by atoms with van der Waals surface area (Å²) in [6, 6.07) is 3.28. The van der Waals surface area contributed by atoms with E-state index < -0.39 is 28.0 Å². The maximum absolute atomic E-state index is 15.7. The molecule has 3 saturated carbocycles. The van der Waals surface area contributed by atoms with Crippen LogP contribution in [0.15, 0.2) is 46.6 Å². The summed E-state index contributed by atoms with van der Waals surface area (Å²) in [5, 5.41) is -0.291. The Morgan fingerprint density at radius 3 is 2.68 bits per heavy atom. The molecule has 34 heavy (non-hydrogen) atoms. The van der Waals surface area contributed by atoms with E-state index in [1.807, 2.05) is 19.9 Å². The fourth-order valence-electron chi connectivity index (χ4n) is 8.77. The van der Waals surface area contributed by atoms with Gasteiger partial charge in [-0.05, 0) is 79.2 Å². The fraction of sp³-hybridized carbons (Fsp3) is 0.593. The highest BCUT2D eigenvalue weighted by Gasteiger charge is 2.82. The number of ketones is 2. The van der Waals surface area contributed by atoms with Gasteiger partial charge in [0.25, 0.3) is 0 Å². The lowest BCUT2D eigenvalue weighted by atomic mass is 9.45. The van der Waals surface area contributed by atoms with Gasteiger partial charge in [0.2, 0.25) is 0 Å². The predicted molar refractivity (Wildman–Crippen MR) is 125 cm³/mol. The summed E-state index contributed by atoms with van der Waals surface area (Å²) < 4.78 is 27.5. The van der Waals surface area contributed by atoms with Gasteiger partial charge in [-0.3, -0.25) is 14.4 Å². The van der Waals surface area contributed by atoms with Gasteiger partial charge in [0, 0.05) is 11.8 Å². The molecular formula is C27H29FO5S. The second kappa shape index (κ2) is 6.82. The minimum absolute atomic E-state index is 0.00981. The number of furan rings is 1. The van der Waals surface area contributed by atoms with E-state index in [0.29, 0.717) is 18.4 Å². The molecule has 5 nitrogen and oxygen atoms in total. The van der Waals surface area contributed by atoms with Gasteiger partial charge in [0.15, 0.2) is 22.4 Å². The Morgan fingerprint density at radius 2 is 2.00 bits per heavy atom. The molecule has 1 saturated heterocycles. The van der Waals surface area contributed by atoms with Gasteiger partial charge in [0.1, 0.15) is 11.8 Å². The molecule has 0 amide bonds. The molecule has 6 rings (SSSR count). The molecule has 0 radical (unpaired) electrons. The third-order valence-electron chi connectivity index (χ3n) is 10.4. The zero-order valence-corrected chi connectivity index (χ0v) is 20.4. The Kier molecular flexibility index (Phi) is 4.51. The maximum Gasteiger partial charge on any atom is 0.199 e. The monoisotopic (exact) mass is 484 g/mol.